The van der Waals surface area contributed by atoms with E-state index in [2.05, 4.69) is 46.7 Å². The van der Waals surface area contributed by atoms with Crippen LogP contribution in [0.15, 0.2) is 60.8 Å². The molecule has 1 aliphatic rings. The van der Waals surface area contributed by atoms with Gasteiger partial charge in [0.25, 0.3) is 0 Å². The molecule has 3 nitrogen and oxygen atoms in total. The van der Waals surface area contributed by atoms with E-state index < -0.39 is 0 Å². The van der Waals surface area contributed by atoms with Gasteiger partial charge in [0.05, 0.1) is 12.6 Å². The molecule has 1 aromatic heterocycles. The fourth-order valence-electron chi connectivity index (χ4n) is 3.33. The molecule has 1 atom stereocenters. The Labute approximate surface area is 142 Å². The summed E-state index contributed by atoms with van der Waals surface area (Å²) >= 11 is 0. The van der Waals surface area contributed by atoms with E-state index in [1.165, 1.54) is 29.4 Å². The first-order valence-electron chi connectivity index (χ1n) is 8.55. The normalized spacial score (nSPS) is 15.4. The topological polar surface area (TPSA) is 34.1 Å². The molecule has 0 spiro atoms. The predicted molar refractivity (Wildman–Crippen MR) is 97.0 cm³/mol. The van der Waals surface area contributed by atoms with Crippen LogP contribution < -0.4 is 10.1 Å². The second-order valence-electron chi connectivity index (χ2n) is 6.46. The van der Waals surface area contributed by atoms with Gasteiger partial charge in [-0.25, -0.2) is 0 Å². The van der Waals surface area contributed by atoms with Crippen molar-refractivity contribution in [3.05, 3.63) is 71.9 Å². The van der Waals surface area contributed by atoms with Crippen molar-refractivity contribution in [1.82, 2.24) is 10.3 Å². The lowest BCUT2D eigenvalue weighted by atomic mass is 10.0. The van der Waals surface area contributed by atoms with Crippen LogP contribution in [-0.4, -0.2) is 12.1 Å². The number of rotatable bonds is 6. The third-order valence-electron chi connectivity index (χ3n) is 4.80. The van der Waals surface area contributed by atoms with Crippen molar-refractivity contribution in [2.75, 3.05) is 7.11 Å². The maximum absolute atomic E-state index is 5.27. The molecule has 3 aromatic rings. The van der Waals surface area contributed by atoms with E-state index in [-0.39, 0.29) is 0 Å². The molecule has 24 heavy (non-hydrogen) atoms. The Morgan fingerprint density at radius 3 is 2.62 bits per heavy atom. The average molecular weight is 318 g/mol. The van der Waals surface area contributed by atoms with Crippen LogP contribution in [0, 0.1) is 5.92 Å². The number of aromatic nitrogens is 1. The van der Waals surface area contributed by atoms with Crippen molar-refractivity contribution in [3.8, 4) is 5.75 Å². The summed E-state index contributed by atoms with van der Waals surface area (Å²) in [4.78, 5) is 4.56. The van der Waals surface area contributed by atoms with E-state index in [0.29, 0.717) is 6.04 Å². The zero-order chi connectivity index (χ0) is 16.4. The molecule has 2 aromatic carbocycles. The number of para-hydroxylation sites is 1. The molecule has 1 heterocycles. The van der Waals surface area contributed by atoms with E-state index in [0.717, 1.165) is 23.7 Å². The number of hydrogen-bond acceptors (Lipinski definition) is 3. The largest absolute Gasteiger partial charge is 0.497 e. The molecule has 1 N–H and O–H groups in total. The van der Waals surface area contributed by atoms with E-state index in [1.54, 1.807) is 7.11 Å². The molecule has 1 aliphatic carbocycles. The zero-order valence-electron chi connectivity index (χ0n) is 13.9. The molecule has 1 saturated carbocycles. The van der Waals surface area contributed by atoms with Gasteiger partial charge in [-0.05, 0) is 48.1 Å². The van der Waals surface area contributed by atoms with Gasteiger partial charge in [0, 0.05) is 24.2 Å². The van der Waals surface area contributed by atoms with Gasteiger partial charge >= 0.3 is 0 Å². The van der Waals surface area contributed by atoms with Crippen LogP contribution in [-0.2, 0) is 6.54 Å². The molecule has 0 amide bonds. The maximum Gasteiger partial charge on any atom is 0.118 e. The fourth-order valence-corrected chi connectivity index (χ4v) is 3.33. The van der Waals surface area contributed by atoms with Gasteiger partial charge in [0.15, 0.2) is 0 Å². The van der Waals surface area contributed by atoms with E-state index >= 15 is 0 Å². The minimum absolute atomic E-state index is 0.398. The van der Waals surface area contributed by atoms with Crippen LogP contribution in [0.25, 0.3) is 10.9 Å². The number of benzene rings is 2. The van der Waals surface area contributed by atoms with E-state index in [1.807, 2.05) is 24.4 Å². The summed E-state index contributed by atoms with van der Waals surface area (Å²) in [6, 6.07) is 19.4. The molecule has 0 aliphatic heterocycles. The van der Waals surface area contributed by atoms with Crippen LogP contribution in [0.3, 0.4) is 0 Å². The zero-order valence-corrected chi connectivity index (χ0v) is 13.9. The number of pyridine rings is 1. The first kappa shape index (κ1) is 15.2. The third-order valence-corrected chi connectivity index (χ3v) is 4.80. The highest BCUT2D eigenvalue weighted by Crippen LogP contribution is 2.41. The van der Waals surface area contributed by atoms with Gasteiger partial charge in [-0.2, -0.15) is 0 Å². The molecule has 4 rings (SSSR count). The number of fused-ring (bicyclic) bond motifs is 1. The van der Waals surface area contributed by atoms with Gasteiger partial charge in [-0.1, -0.05) is 36.4 Å². The van der Waals surface area contributed by atoms with Crippen molar-refractivity contribution < 1.29 is 4.74 Å². The molecule has 1 fully saturated rings. The molecule has 0 bridgehead atoms. The van der Waals surface area contributed by atoms with Gasteiger partial charge in [-0.3, -0.25) is 4.98 Å². The quantitative estimate of drug-likeness (QED) is 0.727. The summed E-state index contributed by atoms with van der Waals surface area (Å²) in [5, 5.41) is 4.96. The standard InChI is InChI=1S/C21H22N2O/c1-24-19-11-9-17(10-12-19)20(16-7-8-16)23-14-18-5-2-4-15-6-3-13-22-21(15)18/h2-6,9-13,16,20,23H,7-8,14H2,1H3. The Bertz CT molecular complexity index is 819. The Hall–Kier alpha value is -2.39. The number of hydrogen-bond donors (Lipinski definition) is 1. The summed E-state index contributed by atoms with van der Waals surface area (Å²) in [7, 11) is 1.71. The van der Waals surface area contributed by atoms with Crippen LogP contribution in [0.1, 0.15) is 30.0 Å². The first-order chi connectivity index (χ1) is 11.8. The molecule has 122 valence electrons. The van der Waals surface area contributed by atoms with Crippen molar-refractivity contribution >= 4 is 10.9 Å². The first-order valence-corrected chi connectivity index (χ1v) is 8.55. The van der Waals surface area contributed by atoms with Crippen molar-refractivity contribution in [1.29, 1.82) is 0 Å². The van der Waals surface area contributed by atoms with Crippen LogP contribution >= 0.6 is 0 Å². The molecule has 0 radical (unpaired) electrons. The second kappa shape index (κ2) is 6.62. The van der Waals surface area contributed by atoms with E-state index in [4.69, 9.17) is 4.74 Å². The lowest BCUT2D eigenvalue weighted by Gasteiger charge is -2.19. The third kappa shape index (κ3) is 3.13. The average Bonchev–Trinajstić information content (AvgIpc) is 3.48. The lowest BCUT2D eigenvalue weighted by molar-refractivity contribution is 0.413. The Kier molecular flexibility index (Phi) is 4.18. The summed E-state index contributed by atoms with van der Waals surface area (Å²) in [6.45, 7) is 0.835. The lowest BCUT2D eigenvalue weighted by Crippen LogP contribution is -2.22. The van der Waals surface area contributed by atoms with Gasteiger partial charge in [0.1, 0.15) is 5.75 Å². The van der Waals surface area contributed by atoms with Crippen molar-refractivity contribution in [3.63, 3.8) is 0 Å². The fraction of sp³-hybridized carbons (Fsp3) is 0.286. The predicted octanol–water partition coefficient (Wildman–Crippen LogP) is 4.48. The van der Waals surface area contributed by atoms with Crippen LogP contribution in [0.4, 0.5) is 0 Å². The summed E-state index contributed by atoms with van der Waals surface area (Å²) in [5.74, 6) is 1.65. The number of nitrogens with one attached hydrogen (secondary N) is 1. The molecule has 1 unspecified atom stereocenters. The van der Waals surface area contributed by atoms with Gasteiger partial charge < -0.3 is 10.1 Å². The minimum atomic E-state index is 0.398. The smallest absolute Gasteiger partial charge is 0.118 e. The Morgan fingerprint density at radius 1 is 1.08 bits per heavy atom. The molecular weight excluding hydrogens is 296 g/mol. The van der Waals surface area contributed by atoms with Crippen molar-refractivity contribution in [2.24, 2.45) is 5.92 Å². The van der Waals surface area contributed by atoms with Crippen LogP contribution in [0.2, 0.25) is 0 Å². The van der Waals surface area contributed by atoms with Gasteiger partial charge in [-0.15, -0.1) is 0 Å². The summed E-state index contributed by atoms with van der Waals surface area (Å²) in [5.41, 5.74) is 3.69. The highest BCUT2D eigenvalue weighted by molar-refractivity contribution is 5.81. The number of ether oxygens (including phenoxy) is 1. The minimum Gasteiger partial charge on any atom is -0.497 e. The molecule has 3 heteroatoms. The van der Waals surface area contributed by atoms with Crippen LogP contribution in [0.5, 0.6) is 5.75 Å². The van der Waals surface area contributed by atoms with E-state index in [9.17, 15) is 0 Å². The number of nitrogens with zero attached hydrogens (tertiary/aromatic N) is 1. The highest BCUT2D eigenvalue weighted by Gasteiger charge is 2.32. The highest BCUT2D eigenvalue weighted by atomic mass is 16.5. The Balaban J connectivity index is 1.55. The summed E-state index contributed by atoms with van der Waals surface area (Å²) < 4.78 is 5.27. The molecular formula is C21H22N2O. The SMILES string of the molecule is COc1ccc(C(NCc2cccc3cccnc23)C2CC2)cc1. The number of methoxy groups -OCH3 is 1. The van der Waals surface area contributed by atoms with Gasteiger partial charge in [0.2, 0.25) is 0 Å². The van der Waals surface area contributed by atoms with Crippen molar-refractivity contribution in [2.45, 2.75) is 25.4 Å². The monoisotopic (exact) mass is 318 g/mol. The maximum atomic E-state index is 5.27. The molecule has 0 saturated heterocycles. The Morgan fingerprint density at radius 2 is 1.88 bits per heavy atom. The second-order valence-corrected chi connectivity index (χ2v) is 6.46. The summed E-state index contributed by atoms with van der Waals surface area (Å²) in [6.07, 6.45) is 4.47.